The molecule has 1 saturated heterocycles. The summed E-state index contributed by atoms with van der Waals surface area (Å²) >= 11 is 0. The Kier molecular flexibility index (Phi) is 17.8. The Bertz CT molecular complexity index is 1600. The molecule has 4 amide bonds. The summed E-state index contributed by atoms with van der Waals surface area (Å²) in [5.41, 5.74) is 1.02. The van der Waals surface area contributed by atoms with Gasteiger partial charge in [0.15, 0.2) is 0 Å². The van der Waals surface area contributed by atoms with Crippen molar-refractivity contribution in [1.82, 2.24) is 20.4 Å². The van der Waals surface area contributed by atoms with Crippen LogP contribution >= 0.6 is 0 Å². The standard InChI is InChI=1S/C44H62N4O9/c1-5-47(38(50)23-15-20-32-24-26-48(27-25-32)43(54)57-44(2,3)4)29-37(49)45-36(28-39(51)55-30-33-16-9-6-10-17-33)41(52)46-40(35-21-13-8-14-22-35)42(53)56-31-34-18-11-7-12-19-34/h6-7,9-12,16-19,32,35-36,40H,5,8,13-15,20-31H2,1-4H3,(H,45,49)(H,46,52)/t36-,40-/m0/s1. The zero-order valence-electron chi connectivity index (χ0n) is 34.2. The van der Waals surface area contributed by atoms with Crippen LogP contribution in [0.25, 0.3) is 0 Å². The molecule has 1 saturated carbocycles. The summed E-state index contributed by atoms with van der Waals surface area (Å²) < 4.78 is 16.6. The summed E-state index contributed by atoms with van der Waals surface area (Å²) in [7, 11) is 0. The first kappa shape index (κ1) is 44.8. The number of hydrogen-bond donors (Lipinski definition) is 2. The van der Waals surface area contributed by atoms with Gasteiger partial charge >= 0.3 is 18.0 Å². The second-order valence-electron chi connectivity index (χ2n) is 16.2. The van der Waals surface area contributed by atoms with Crippen LogP contribution in [0.5, 0.6) is 0 Å². The molecule has 2 N–H and O–H groups in total. The maximum Gasteiger partial charge on any atom is 0.410 e. The summed E-state index contributed by atoms with van der Waals surface area (Å²) in [6.07, 6.45) is 6.87. The minimum Gasteiger partial charge on any atom is -0.461 e. The number of likely N-dealkylation sites (tertiary alicyclic amines) is 1. The lowest BCUT2D eigenvalue weighted by Crippen LogP contribution is -2.56. The first-order valence-corrected chi connectivity index (χ1v) is 20.6. The maximum absolute atomic E-state index is 14.0. The number of rotatable bonds is 18. The third-order valence-electron chi connectivity index (χ3n) is 10.5. The van der Waals surface area contributed by atoms with Gasteiger partial charge in [0.05, 0.1) is 13.0 Å². The fourth-order valence-electron chi connectivity index (χ4n) is 7.30. The van der Waals surface area contributed by atoms with Gasteiger partial charge in [-0.1, -0.05) is 79.9 Å². The Labute approximate surface area is 337 Å². The number of nitrogens with zero attached hydrogens (tertiary/aromatic N) is 2. The predicted octanol–water partition coefficient (Wildman–Crippen LogP) is 6.08. The molecule has 0 unspecified atom stereocenters. The number of carbonyl (C=O) groups is 6. The number of hydrogen-bond acceptors (Lipinski definition) is 9. The van der Waals surface area contributed by atoms with Gasteiger partial charge in [0.1, 0.15) is 30.9 Å². The molecule has 2 fully saturated rings. The molecular weight excluding hydrogens is 729 g/mol. The van der Waals surface area contributed by atoms with Crippen molar-refractivity contribution in [3.8, 4) is 0 Å². The van der Waals surface area contributed by atoms with E-state index in [0.717, 1.165) is 62.5 Å². The number of ether oxygens (including phenoxy) is 3. The minimum atomic E-state index is -1.37. The molecular formula is C44H62N4O9. The third kappa shape index (κ3) is 15.8. The van der Waals surface area contributed by atoms with Crippen molar-refractivity contribution in [2.24, 2.45) is 11.8 Å². The van der Waals surface area contributed by atoms with E-state index in [0.29, 0.717) is 25.4 Å². The van der Waals surface area contributed by atoms with Crippen LogP contribution in [0.15, 0.2) is 60.7 Å². The highest BCUT2D eigenvalue weighted by molar-refractivity contribution is 5.94. The number of piperidine rings is 1. The first-order valence-electron chi connectivity index (χ1n) is 20.6. The van der Waals surface area contributed by atoms with Gasteiger partial charge in [-0.15, -0.1) is 0 Å². The molecule has 0 radical (unpaired) electrons. The summed E-state index contributed by atoms with van der Waals surface area (Å²) in [5.74, 6) is -2.59. The number of likely N-dealkylation sites (N-methyl/N-ethyl adjacent to an activating group) is 1. The van der Waals surface area contributed by atoms with Crippen molar-refractivity contribution >= 4 is 35.8 Å². The Morgan fingerprint density at radius 1 is 0.807 bits per heavy atom. The Morgan fingerprint density at radius 2 is 1.40 bits per heavy atom. The van der Waals surface area contributed by atoms with Gasteiger partial charge < -0.3 is 34.6 Å². The predicted molar refractivity (Wildman–Crippen MR) is 214 cm³/mol. The average Bonchev–Trinajstić information content (AvgIpc) is 3.20. The average molecular weight is 791 g/mol. The number of nitrogens with one attached hydrogen (secondary N) is 2. The Morgan fingerprint density at radius 3 is 1.98 bits per heavy atom. The van der Waals surface area contributed by atoms with Crippen molar-refractivity contribution in [3.05, 3.63) is 71.8 Å². The van der Waals surface area contributed by atoms with Crippen LogP contribution in [0, 0.1) is 11.8 Å². The van der Waals surface area contributed by atoms with E-state index in [4.69, 9.17) is 14.2 Å². The summed E-state index contributed by atoms with van der Waals surface area (Å²) in [6, 6.07) is 16.0. The van der Waals surface area contributed by atoms with Gasteiger partial charge in [-0.3, -0.25) is 19.2 Å². The third-order valence-corrected chi connectivity index (χ3v) is 10.5. The quantitative estimate of drug-likeness (QED) is 0.135. The Balaban J connectivity index is 1.35. The highest BCUT2D eigenvalue weighted by Gasteiger charge is 2.36. The van der Waals surface area contributed by atoms with Gasteiger partial charge in [-0.25, -0.2) is 9.59 Å². The molecule has 1 aliphatic carbocycles. The van der Waals surface area contributed by atoms with Crippen molar-refractivity contribution < 1.29 is 43.0 Å². The van der Waals surface area contributed by atoms with Crippen molar-refractivity contribution in [2.45, 2.75) is 129 Å². The van der Waals surface area contributed by atoms with Crippen LogP contribution in [-0.4, -0.2) is 89.4 Å². The molecule has 13 heteroatoms. The molecule has 13 nitrogen and oxygen atoms in total. The minimum absolute atomic E-state index is 0.0144. The van der Waals surface area contributed by atoms with E-state index < -0.39 is 47.9 Å². The molecule has 57 heavy (non-hydrogen) atoms. The van der Waals surface area contributed by atoms with Crippen molar-refractivity contribution in [2.75, 3.05) is 26.2 Å². The van der Waals surface area contributed by atoms with Crippen molar-refractivity contribution in [3.63, 3.8) is 0 Å². The zero-order chi connectivity index (χ0) is 41.2. The SMILES string of the molecule is CCN(CC(=O)N[C@@H](CC(=O)OCc1ccccc1)C(=O)N[C@H](C(=O)OCc1ccccc1)C1CCCCC1)C(=O)CCCC1CCN(C(=O)OC(C)(C)C)CC1. The molecule has 1 aliphatic heterocycles. The molecule has 0 bridgehead atoms. The zero-order valence-corrected chi connectivity index (χ0v) is 34.2. The molecule has 2 aromatic carbocycles. The number of carbonyl (C=O) groups excluding carboxylic acids is 6. The fourth-order valence-corrected chi connectivity index (χ4v) is 7.30. The van der Waals surface area contributed by atoms with E-state index in [-0.39, 0.29) is 50.6 Å². The molecule has 0 spiro atoms. The van der Waals surface area contributed by atoms with E-state index in [9.17, 15) is 28.8 Å². The van der Waals surface area contributed by atoms with Crippen molar-refractivity contribution in [1.29, 1.82) is 0 Å². The Hall–Kier alpha value is -4.94. The summed E-state index contributed by atoms with van der Waals surface area (Å²) in [4.78, 5) is 83.0. The summed E-state index contributed by atoms with van der Waals surface area (Å²) in [5, 5.41) is 5.50. The number of amides is 4. The van der Waals surface area contributed by atoms with Crippen LogP contribution in [0.4, 0.5) is 4.79 Å². The lowest BCUT2D eigenvalue weighted by Gasteiger charge is -2.33. The molecule has 0 aromatic heterocycles. The normalized spacial score (nSPS) is 16.1. The van der Waals surface area contributed by atoms with Gasteiger partial charge in [-0.2, -0.15) is 0 Å². The van der Waals surface area contributed by atoms with E-state index in [1.54, 1.807) is 24.0 Å². The topological polar surface area (TPSA) is 161 Å². The second-order valence-corrected chi connectivity index (χ2v) is 16.2. The van der Waals surface area contributed by atoms with Gasteiger partial charge in [0, 0.05) is 26.1 Å². The maximum atomic E-state index is 14.0. The monoisotopic (exact) mass is 790 g/mol. The van der Waals surface area contributed by atoms with Gasteiger partial charge in [0.25, 0.3) is 0 Å². The molecule has 312 valence electrons. The number of benzene rings is 2. The molecule has 4 rings (SSSR count). The van der Waals surface area contributed by atoms with Crippen LogP contribution < -0.4 is 10.6 Å². The van der Waals surface area contributed by atoms with E-state index >= 15 is 0 Å². The van der Waals surface area contributed by atoms with E-state index in [1.807, 2.05) is 69.3 Å². The number of esters is 2. The lowest BCUT2D eigenvalue weighted by atomic mass is 9.83. The fraction of sp³-hybridized carbons (Fsp3) is 0.591. The van der Waals surface area contributed by atoms with E-state index in [1.165, 1.54) is 4.90 Å². The first-order chi connectivity index (χ1) is 27.3. The second kappa shape index (κ2) is 22.7. The largest absolute Gasteiger partial charge is 0.461 e. The molecule has 2 atom stereocenters. The van der Waals surface area contributed by atoms with E-state index in [2.05, 4.69) is 10.6 Å². The molecule has 2 aliphatic rings. The molecule has 2 aromatic rings. The van der Waals surface area contributed by atoms with Crippen LogP contribution in [0.1, 0.15) is 109 Å². The van der Waals surface area contributed by atoms with Gasteiger partial charge in [0.2, 0.25) is 17.7 Å². The highest BCUT2D eigenvalue weighted by Crippen LogP contribution is 2.28. The summed E-state index contributed by atoms with van der Waals surface area (Å²) in [6.45, 7) is 8.53. The van der Waals surface area contributed by atoms with Crippen LogP contribution in [0.3, 0.4) is 0 Å². The van der Waals surface area contributed by atoms with Crippen LogP contribution in [0.2, 0.25) is 0 Å². The molecule has 1 heterocycles. The smallest absolute Gasteiger partial charge is 0.410 e. The lowest BCUT2D eigenvalue weighted by molar-refractivity contribution is -0.152. The van der Waals surface area contributed by atoms with Crippen LogP contribution in [-0.2, 0) is 51.4 Å². The van der Waals surface area contributed by atoms with Gasteiger partial charge in [-0.05, 0) is 89.2 Å². The highest BCUT2D eigenvalue weighted by atomic mass is 16.6.